The number of nitrogens with zero attached hydrogens (tertiary/aromatic N) is 3. The monoisotopic (exact) mass is 368 g/mol. The Morgan fingerprint density at radius 3 is 2.54 bits per heavy atom. The van der Waals surface area contributed by atoms with E-state index in [9.17, 15) is 0 Å². The van der Waals surface area contributed by atoms with Crippen LogP contribution < -0.4 is 15.0 Å². The summed E-state index contributed by atoms with van der Waals surface area (Å²) < 4.78 is 5.40. The zero-order valence-electron chi connectivity index (χ0n) is 15.0. The van der Waals surface area contributed by atoms with E-state index >= 15 is 0 Å². The number of aromatic nitrogens is 2. The van der Waals surface area contributed by atoms with Crippen molar-refractivity contribution in [2.75, 3.05) is 23.9 Å². The van der Waals surface area contributed by atoms with Crippen LogP contribution in [0.15, 0.2) is 54.6 Å². The fourth-order valence-electron chi connectivity index (χ4n) is 2.75. The summed E-state index contributed by atoms with van der Waals surface area (Å²) in [5, 5.41) is 3.91. The number of methoxy groups -OCH3 is 1. The molecule has 3 rings (SSSR count). The molecular formula is C20H21ClN4O. The highest BCUT2D eigenvalue weighted by Crippen LogP contribution is 2.31. The van der Waals surface area contributed by atoms with E-state index in [2.05, 4.69) is 39.2 Å². The van der Waals surface area contributed by atoms with Crippen LogP contribution in [-0.2, 0) is 0 Å². The number of hydrogen-bond acceptors (Lipinski definition) is 5. The number of halogens is 1. The molecule has 5 nitrogen and oxygen atoms in total. The molecule has 0 aliphatic heterocycles. The zero-order chi connectivity index (χ0) is 18.5. The maximum atomic E-state index is 6.12. The van der Waals surface area contributed by atoms with Crippen LogP contribution in [-0.4, -0.2) is 23.6 Å². The van der Waals surface area contributed by atoms with E-state index in [1.165, 1.54) is 0 Å². The second kappa shape index (κ2) is 8.06. The van der Waals surface area contributed by atoms with Gasteiger partial charge in [-0.15, -0.1) is 0 Å². The topological polar surface area (TPSA) is 50.3 Å². The maximum absolute atomic E-state index is 6.12. The lowest BCUT2D eigenvalue weighted by molar-refractivity contribution is 0.417. The lowest BCUT2D eigenvalue weighted by atomic mass is 10.2. The first kappa shape index (κ1) is 18.0. The van der Waals surface area contributed by atoms with Gasteiger partial charge in [0.15, 0.2) is 0 Å². The minimum absolute atomic E-state index is 0.624. The molecule has 0 atom stereocenters. The van der Waals surface area contributed by atoms with Crippen molar-refractivity contribution in [3.63, 3.8) is 0 Å². The number of nitrogens with one attached hydrogen (secondary N) is 1. The summed E-state index contributed by atoms with van der Waals surface area (Å²) in [6.07, 6.45) is 0. The lowest BCUT2D eigenvalue weighted by Crippen LogP contribution is -2.18. The maximum Gasteiger partial charge on any atom is 0.142 e. The first-order chi connectivity index (χ1) is 12.6. The van der Waals surface area contributed by atoms with Crippen LogP contribution in [0.2, 0.25) is 5.02 Å². The number of anilines is 4. The molecule has 0 fully saturated rings. The Kier molecular flexibility index (Phi) is 5.58. The largest absolute Gasteiger partial charge is 0.495 e. The standard InChI is InChI=1S/C20H21ClN4O/c1-4-25(16-8-6-5-7-9-16)20-13-19(22-14(2)23-20)24-17-12-15(21)10-11-18(17)26-3/h5-13H,4H2,1-3H3,(H,22,23,24). The van der Waals surface area contributed by atoms with Gasteiger partial charge in [-0.25, -0.2) is 9.97 Å². The van der Waals surface area contributed by atoms with E-state index in [-0.39, 0.29) is 0 Å². The molecular weight excluding hydrogens is 348 g/mol. The molecule has 1 N–H and O–H groups in total. The molecule has 0 bridgehead atoms. The number of ether oxygens (including phenoxy) is 1. The highest BCUT2D eigenvalue weighted by Gasteiger charge is 2.12. The fourth-order valence-corrected chi connectivity index (χ4v) is 2.93. The van der Waals surface area contributed by atoms with Crippen molar-refractivity contribution < 1.29 is 4.74 Å². The average Bonchev–Trinajstić information content (AvgIpc) is 2.63. The molecule has 1 aromatic heterocycles. The van der Waals surface area contributed by atoms with Gasteiger partial charge in [0, 0.05) is 23.3 Å². The van der Waals surface area contributed by atoms with E-state index in [1.54, 1.807) is 13.2 Å². The van der Waals surface area contributed by atoms with Gasteiger partial charge in [-0.05, 0) is 44.2 Å². The third kappa shape index (κ3) is 4.06. The molecule has 0 amide bonds. The average molecular weight is 369 g/mol. The minimum atomic E-state index is 0.624. The summed E-state index contributed by atoms with van der Waals surface area (Å²) in [6.45, 7) is 4.76. The Bertz CT molecular complexity index is 886. The van der Waals surface area contributed by atoms with Crippen molar-refractivity contribution in [2.45, 2.75) is 13.8 Å². The third-order valence-electron chi connectivity index (χ3n) is 3.91. The minimum Gasteiger partial charge on any atom is -0.495 e. The van der Waals surface area contributed by atoms with Crippen molar-refractivity contribution in [1.29, 1.82) is 0 Å². The van der Waals surface area contributed by atoms with Gasteiger partial charge in [0.05, 0.1) is 12.8 Å². The summed E-state index contributed by atoms with van der Waals surface area (Å²) in [7, 11) is 1.62. The van der Waals surface area contributed by atoms with Gasteiger partial charge in [0.2, 0.25) is 0 Å². The van der Waals surface area contributed by atoms with Crippen LogP contribution in [0.3, 0.4) is 0 Å². The van der Waals surface area contributed by atoms with Gasteiger partial charge >= 0.3 is 0 Å². The Hall–Kier alpha value is -2.79. The predicted molar refractivity (Wildman–Crippen MR) is 107 cm³/mol. The molecule has 0 saturated heterocycles. The number of benzene rings is 2. The van der Waals surface area contributed by atoms with E-state index in [0.29, 0.717) is 22.4 Å². The molecule has 134 valence electrons. The summed E-state index contributed by atoms with van der Waals surface area (Å²) in [5.74, 6) is 2.89. The molecule has 6 heteroatoms. The number of para-hydroxylation sites is 1. The van der Waals surface area contributed by atoms with Gasteiger partial charge in [0.1, 0.15) is 23.2 Å². The van der Waals surface area contributed by atoms with Crippen molar-refractivity contribution in [2.24, 2.45) is 0 Å². The molecule has 1 heterocycles. The van der Waals surface area contributed by atoms with Crippen molar-refractivity contribution in [3.8, 4) is 5.75 Å². The highest BCUT2D eigenvalue weighted by molar-refractivity contribution is 6.31. The smallest absolute Gasteiger partial charge is 0.142 e. The molecule has 2 aromatic carbocycles. The second-order valence-corrected chi connectivity index (χ2v) is 6.14. The van der Waals surface area contributed by atoms with E-state index in [1.807, 2.05) is 43.3 Å². The van der Waals surface area contributed by atoms with Crippen molar-refractivity contribution >= 4 is 34.6 Å². The molecule has 0 aliphatic carbocycles. The number of hydrogen-bond donors (Lipinski definition) is 1. The number of rotatable bonds is 6. The van der Waals surface area contributed by atoms with Crippen LogP contribution >= 0.6 is 11.6 Å². The molecule has 3 aromatic rings. The molecule has 0 radical (unpaired) electrons. The van der Waals surface area contributed by atoms with Gasteiger partial charge in [-0.3, -0.25) is 0 Å². The predicted octanol–water partition coefficient (Wildman–Crippen LogP) is 5.35. The first-order valence-corrected chi connectivity index (χ1v) is 8.77. The first-order valence-electron chi connectivity index (χ1n) is 8.39. The molecule has 0 spiro atoms. The van der Waals surface area contributed by atoms with Crippen LogP contribution in [0.25, 0.3) is 0 Å². The molecule has 0 saturated carbocycles. The number of aryl methyl sites for hydroxylation is 1. The summed E-state index contributed by atoms with van der Waals surface area (Å²) in [4.78, 5) is 11.2. The quantitative estimate of drug-likeness (QED) is 0.635. The Balaban J connectivity index is 1.97. The van der Waals surface area contributed by atoms with Gasteiger partial charge < -0.3 is 15.0 Å². The van der Waals surface area contributed by atoms with Crippen LogP contribution in [0.5, 0.6) is 5.75 Å². The van der Waals surface area contributed by atoms with Crippen molar-refractivity contribution in [1.82, 2.24) is 9.97 Å². The molecule has 0 aliphatic rings. The summed E-state index contributed by atoms with van der Waals surface area (Å²) >= 11 is 6.12. The van der Waals surface area contributed by atoms with E-state index in [0.717, 1.165) is 23.7 Å². The van der Waals surface area contributed by atoms with Crippen molar-refractivity contribution in [3.05, 3.63) is 65.4 Å². The fraction of sp³-hybridized carbons (Fsp3) is 0.200. The Labute approximate surface area is 158 Å². The van der Waals surface area contributed by atoms with E-state index < -0.39 is 0 Å². The third-order valence-corrected chi connectivity index (χ3v) is 4.14. The van der Waals surface area contributed by atoms with Gasteiger partial charge in [-0.1, -0.05) is 29.8 Å². The zero-order valence-corrected chi connectivity index (χ0v) is 15.8. The van der Waals surface area contributed by atoms with Gasteiger partial charge in [0.25, 0.3) is 0 Å². The molecule has 0 unspecified atom stereocenters. The van der Waals surface area contributed by atoms with Crippen LogP contribution in [0.1, 0.15) is 12.7 Å². The molecule has 26 heavy (non-hydrogen) atoms. The second-order valence-electron chi connectivity index (χ2n) is 5.71. The SMILES string of the molecule is CCN(c1ccccc1)c1cc(Nc2cc(Cl)ccc2OC)nc(C)n1. The van der Waals surface area contributed by atoms with E-state index in [4.69, 9.17) is 16.3 Å². The lowest BCUT2D eigenvalue weighted by Gasteiger charge is -2.23. The summed E-state index contributed by atoms with van der Waals surface area (Å²) in [5.41, 5.74) is 1.84. The highest BCUT2D eigenvalue weighted by atomic mass is 35.5. The Morgan fingerprint density at radius 2 is 1.85 bits per heavy atom. The summed E-state index contributed by atoms with van der Waals surface area (Å²) in [6, 6.07) is 17.5. The Morgan fingerprint density at radius 1 is 1.08 bits per heavy atom. The van der Waals surface area contributed by atoms with Gasteiger partial charge in [-0.2, -0.15) is 0 Å². The van der Waals surface area contributed by atoms with Crippen LogP contribution in [0.4, 0.5) is 23.0 Å². The normalized spacial score (nSPS) is 10.5. The van der Waals surface area contributed by atoms with Crippen LogP contribution in [0, 0.1) is 6.92 Å².